The van der Waals surface area contributed by atoms with Crippen LogP contribution in [0.15, 0.2) is 29.2 Å². The minimum absolute atomic E-state index is 0.300. The third kappa shape index (κ3) is 4.43. The summed E-state index contributed by atoms with van der Waals surface area (Å²) in [4.78, 5) is 15.4. The number of benzene rings is 1. The molecule has 4 heteroatoms. The van der Waals surface area contributed by atoms with E-state index in [0.717, 1.165) is 30.2 Å². The van der Waals surface area contributed by atoms with Crippen molar-refractivity contribution >= 4 is 29.3 Å². The fourth-order valence-electron chi connectivity index (χ4n) is 2.40. The Morgan fingerprint density at radius 3 is 2.79 bits per heavy atom. The molecule has 0 spiro atoms. The number of halogens is 1. The number of rotatable bonds is 4. The average molecular weight is 298 g/mol. The van der Waals surface area contributed by atoms with Crippen LogP contribution in [-0.4, -0.2) is 29.1 Å². The van der Waals surface area contributed by atoms with Gasteiger partial charge >= 0.3 is 0 Å². The standard InChI is InChI=1S/C15H20ClNOS/c1-12-4-2-3-10-17(12)15(18)9-11-19-14-7-5-13(16)6-8-14/h5-8,12H,2-4,9-11H2,1H3. The molecule has 1 saturated heterocycles. The van der Waals surface area contributed by atoms with Gasteiger partial charge in [0.2, 0.25) is 5.91 Å². The molecule has 2 nitrogen and oxygen atoms in total. The summed E-state index contributed by atoms with van der Waals surface area (Å²) in [7, 11) is 0. The van der Waals surface area contributed by atoms with Gasteiger partial charge in [-0.2, -0.15) is 0 Å². The van der Waals surface area contributed by atoms with Gasteiger partial charge in [0.1, 0.15) is 0 Å². The summed E-state index contributed by atoms with van der Waals surface area (Å²) in [5.41, 5.74) is 0. The Labute approximate surface area is 124 Å². The highest BCUT2D eigenvalue weighted by atomic mass is 35.5. The van der Waals surface area contributed by atoms with Crippen molar-refractivity contribution < 1.29 is 4.79 Å². The fraction of sp³-hybridized carbons (Fsp3) is 0.533. The number of carbonyl (C=O) groups excluding carboxylic acids is 1. The van der Waals surface area contributed by atoms with Crippen LogP contribution < -0.4 is 0 Å². The monoisotopic (exact) mass is 297 g/mol. The average Bonchev–Trinajstić information content (AvgIpc) is 2.41. The van der Waals surface area contributed by atoms with E-state index in [9.17, 15) is 4.79 Å². The van der Waals surface area contributed by atoms with Crippen molar-refractivity contribution in [2.75, 3.05) is 12.3 Å². The smallest absolute Gasteiger partial charge is 0.223 e. The lowest BCUT2D eigenvalue weighted by atomic mass is 10.0. The molecule has 1 aromatic carbocycles. The number of piperidine rings is 1. The summed E-state index contributed by atoms with van der Waals surface area (Å²) in [6, 6.07) is 8.19. The van der Waals surface area contributed by atoms with Crippen LogP contribution >= 0.6 is 23.4 Å². The maximum Gasteiger partial charge on any atom is 0.223 e. The predicted octanol–water partition coefficient (Wildman–Crippen LogP) is 4.22. The minimum atomic E-state index is 0.300. The molecular weight excluding hydrogens is 278 g/mol. The van der Waals surface area contributed by atoms with Crippen LogP contribution in [0.5, 0.6) is 0 Å². The number of amides is 1. The third-order valence-electron chi connectivity index (χ3n) is 3.52. The van der Waals surface area contributed by atoms with Gasteiger partial charge in [-0.05, 0) is 50.5 Å². The molecule has 1 atom stereocenters. The van der Waals surface area contributed by atoms with E-state index in [1.54, 1.807) is 11.8 Å². The normalized spacial score (nSPS) is 19.5. The number of hydrogen-bond acceptors (Lipinski definition) is 2. The summed E-state index contributed by atoms with van der Waals surface area (Å²) in [5, 5.41) is 0.752. The van der Waals surface area contributed by atoms with Gasteiger partial charge in [-0.3, -0.25) is 4.79 Å². The first-order valence-electron chi connectivity index (χ1n) is 6.84. The first kappa shape index (κ1) is 14.7. The van der Waals surface area contributed by atoms with E-state index >= 15 is 0 Å². The molecule has 0 bridgehead atoms. The molecule has 2 rings (SSSR count). The van der Waals surface area contributed by atoms with E-state index in [0.29, 0.717) is 18.4 Å². The molecule has 0 radical (unpaired) electrons. The van der Waals surface area contributed by atoms with Gasteiger partial charge in [0.15, 0.2) is 0 Å². The Bertz CT molecular complexity index is 421. The highest BCUT2D eigenvalue weighted by Gasteiger charge is 2.22. The van der Waals surface area contributed by atoms with Crippen molar-refractivity contribution in [3.63, 3.8) is 0 Å². The second-order valence-corrected chi connectivity index (χ2v) is 6.59. The molecule has 0 N–H and O–H groups in total. The topological polar surface area (TPSA) is 20.3 Å². The van der Waals surface area contributed by atoms with Gasteiger partial charge in [-0.15, -0.1) is 11.8 Å². The molecule has 1 unspecified atom stereocenters. The zero-order chi connectivity index (χ0) is 13.7. The van der Waals surface area contributed by atoms with E-state index in [4.69, 9.17) is 11.6 Å². The first-order chi connectivity index (χ1) is 9.16. The van der Waals surface area contributed by atoms with Crippen molar-refractivity contribution in [3.05, 3.63) is 29.3 Å². The molecule has 1 heterocycles. The number of likely N-dealkylation sites (tertiary alicyclic amines) is 1. The van der Waals surface area contributed by atoms with Crippen molar-refractivity contribution in [2.24, 2.45) is 0 Å². The quantitative estimate of drug-likeness (QED) is 0.775. The molecule has 1 aliphatic heterocycles. The molecule has 1 fully saturated rings. The van der Waals surface area contributed by atoms with Gasteiger partial charge < -0.3 is 4.90 Å². The van der Waals surface area contributed by atoms with Crippen molar-refractivity contribution in [2.45, 2.75) is 43.5 Å². The Balaban J connectivity index is 1.75. The molecule has 1 amide bonds. The lowest BCUT2D eigenvalue weighted by Gasteiger charge is -2.33. The largest absolute Gasteiger partial charge is 0.340 e. The molecular formula is C15H20ClNOS. The van der Waals surface area contributed by atoms with Gasteiger partial charge in [0, 0.05) is 34.7 Å². The highest BCUT2D eigenvalue weighted by molar-refractivity contribution is 7.99. The number of carbonyl (C=O) groups is 1. The lowest BCUT2D eigenvalue weighted by molar-refractivity contribution is -0.133. The first-order valence-corrected chi connectivity index (χ1v) is 8.21. The highest BCUT2D eigenvalue weighted by Crippen LogP contribution is 2.22. The zero-order valence-electron chi connectivity index (χ0n) is 11.3. The van der Waals surface area contributed by atoms with Crippen molar-refractivity contribution in [3.8, 4) is 0 Å². The maximum absolute atomic E-state index is 12.1. The lowest BCUT2D eigenvalue weighted by Crippen LogP contribution is -2.42. The molecule has 1 aliphatic rings. The van der Waals surface area contributed by atoms with Gasteiger partial charge in [0.05, 0.1) is 0 Å². The van der Waals surface area contributed by atoms with Crippen LogP contribution in [-0.2, 0) is 4.79 Å². The summed E-state index contributed by atoms with van der Waals surface area (Å²) in [6.45, 7) is 3.09. The SMILES string of the molecule is CC1CCCCN1C(=O)CCSc1ccc(Cl)cc1. The zero-order valence-corrected chi connectivity index (χ0v) is 12.8. The minimum Gasteiger partial charge on any atom is -0.340 e. The second-order valence-electron chi connectivity index (χ2n) is 4.98. The van der Waals surface area contributed by atoms with Crippen LogP contribution in [0, 0.1) is 0 Å². The molecule has 1 aromatic rings. The molecule has 19 heavy (non-hydrogen) atoms. The predicted molar refractivity (Wildman–Crippen MR) is 81.8 cm³/mol. The van der Waals surface area contributed by atoms with Crippen molar-refractivity contribution in [1.82, 2.24) is 4.90 Å². The van der Waals surface area contributed by atoms with Gasteiger partial charge in [-0.1, -0.05) is 11.6 Å². The van der Waals surface area contributed by atoms with Crippen LogP contribution in [0.2, 0.25) is 5.02 Å². The molecule has 0 saturated carbocycles. The Kier molecular flexibility index (Phi) is 5.59. The van der Waals surface area contributed by atoms with Crippen LogP contribution in [0.3, 0.4) is 0 Å². The summed E-state index contributed by atoms with van der Waals surface area (Å²) in [6.07, 6.45) is 4.18. The Morgan fingerprint density at radius 1 is 1.37 bits per heavy atom. The Morgan fingerprint density at radius 2 is 2.11 bits per heavy atom. The Hall–Kier alpha value is -0.670. The van der Waals surface area contributed by atoms with Crippen molar-refractivity contribution in [1.29, 1.82) is 0 Å². The summed E-state index contributed by atoms with van der Waals surface area (Å²) in [5.74, 6) is 1.14. The number of nitrogens with zero attached hydrogens (tertiary/aromatic N) is 1. The second kappa shape index (κ2) is 7.20. The van der Waals surface area contributed by atoms with Crippen LogP contribution in [0.25, 0.3) is 0 Å². The van der Waals surface area contributed by atoms with E-state index < -0.39 is 0 Å². The molecule has 0 aliphatic carbocycles. The van der Waals surface area contributed by atoms with E-state index in [2.05, 4.69) is 6.92 Å². The molecule has 0 aromatic heterocycles. The van der Waals surface area contributed by atoms with E-state index in [-0.39, 0.29) is 0 Å². The van der Waals surface area contributed by atoms with E-state index in [1.165, 1.54) is 11.3 Å². The van der Waals surface area contributed by atoms with E-state index in [1.807, 2.05) is 29.2 Å². The number of thioether (sulfide) groups is 1. The van der Waals surface area contributed by atoms with Crippen LogP contribution in [0.4, 0.5) is 0 Å². The third-order valence-corrected chi connectivity index (χ3v) is 4.79. The van der Waals surface area contributed by atoms with Gasteiger partial charge in [-0.25, -0.2) is 0 Å². The fourth-order valence-corrected chi connectivity index (χ4v) is 3.37. The van der Waals surface area contributed by atoms with Gasteiger partial charge in [0.25, 0.3) is 0 Å². The summed E-state index contributed by atoms with van der Waals surface area (Å²) < 4.78 is 0. The molecule has 104 valence electrons. The van der Waals surface area contributed by atoms with Crippen LogP contribution in [0.1, 0.15) is 32.6 Å². The summed E-state index contributed by atoms with van der Waals surface area (Å²) >= 11 is 7.56. The number of hydrogen-bond donors (Lipinski definition) is 0. The maximum atomic E-state index is 12.1.